The van der Waals surface area contributed by atoms with Crippen LogP contribution in [0.25, 0.3) is 0 Å². The van der Waals surface area contributed by atoms with Crippen LogP contribution >= 0.6 is 15.9 Å². The van der Waals surface area contributed by atoms with Crippen LogP contribution < -0.4 is 0 Å². The van der Waals surface area contributed by atoms with Gasteiger partial charge in [-0.3, -0.25) is 19.2 Å². The second-order valence-electron chi connectivity index (χ2n) is 14.1. The Morgan fingerprint density at radius 1 is 1.15 bits per heavy atom. The van der Waals surface area contributed by atoms with Crippen molar-refractivity contribution in [1.29, 1.82) is 0 Å². The van der Waals surface area contributed by atoms with Gasteiger partial charge in [0.05, 0.1) is 36.6 Å². The first-order valence-electron chi connectivity index (χ1n) is 17.0. The largest absolute Gasteiger partial charge is 0.455 e. The number of benzene rings is 1. The zero-order valence-corrected chi connectivity index (χ0v) is 30.7. The van der Waals surface area contributed by atoms with E-state index in [9.17, 15) is 24.3 Å². The number of aliphatic hydroxyl groups excluding tert-OH is 1. The predicted octanol–water partition coefficient (Wildman–Crippen LogP) is 4.66. The maximum Gasteiger partial charge on any atom is 0.313 e. The molecular formula is C37H52BrN3O7. The van der Waals surface area contributed by atoms with E-state index in [0.717, 1.165) is 0 Å². The van der Waals surface area contributed by atoms with Crippen molar-refractivity contribution in [3.05, 3.63) is 61.2 Å². The molecule has 264 valence electrons. The number of rotatable bonds is 16. The fourth-order valence-electron chi connectivity index (χ4n) is 7.80. The number of carbonyl (C=O) groups excluding carboxylic acids is 4. The molecule has 0 saturated carbocycles. The Hall–Kier alpha value is -3.02. The Labute approximate surface area is 293 Å². The number of amides is 3. The highest BCUT2D eigenvalue weighted by atomic mass is 79.9. The first-order valence-corrected chi connectivity index (χ1v) is 17.9. The Morgan fingerprint density at radius 3 is 2.38 bits per heavy atom. The molecule has 0 radical (unpaired) electrons. The Balaban J connectivity index is 1.76. The van der Waals surface area contributed by atoms with Crippen LogP contribution in [0.4, 0.5) is 0 Å². The van der Waals surface area contributed by atoms with Gasteiger partial charge in [-0.25, -0.2) is 0 Å². The number of alkyl halides is 1. The molecule has 9 atom stereocenters. The molecule has 1 aromatic rings. The van der Waals surface area contributed by atoms with Crippen molar-refractivity contribution in [2.75, 3.05) is 20.2 Å². The number of fused-ring (bicyclic) bond motifs is 1. The number of aliphatic hydroxyl groups is 1. The third kappa shape index (κ3) is 7.01. The summed E-state index contributed by atoms with van der Waals surface area (Å²) in [6, 6.07) is 6.81. The number of allylic oxidation sites excluding steroid dienone is 1. The molecule has 1 N–H and O–H groups in total. The maximum atomic E-state index is 14.7. The van der Waals surface area contributed by atoms with Crippen LogP contribution in [0.5, 0.6) is 0 Å². The summed E-state index contributed by atoms with van der Waals surface area (Å²) in [5, 5.41) is 10.6. The third-order valence-electron chi connectivity index (χ3n) is 10.2. The molecule has 11 heteroatoms. The van der Waals surface area contributed by atoms with Crippen molar-refractivity contribution >= 4 is 39.6 Å². The zero-order chi connectivity index (χ0) is 35.5. The van der Waals surface area contributed by atoms with E-state index in [1.54, 1.807) is 29.0 Å². The first kappa shape index (κ1) is 37.8. The number of likely N-dealkylation sites (N-methyl/N-ethyl adjacent to an activating group) is 1. The summed E-state index contributed by atoms with van der Waals surface area (Å²) in [7, 11) is 1.69. The van der Waals surface area contributed by atoms with Gasteiger partial charge in [-0.15, -0.1) is 13.2 Å². The lowest BCUT2D eigenvalue weighted by Gasteiger charge is -2.40. The van der Waals surface area contributed by atoms with E-state index in [-0.39, 0.29) is 54.1 Å². The molecule has 48 heavy (non-hydrogen) atoms. The lowest BCUT2D eigenvalue weighted by Crippen LogP contribution is -2.60. The number of halogens is 1. The molecule has 0 aliphatic carbocycles. The molecule has 1 aromatic carbocycles. The minimum absolute atomic E-state index is 0.112. The number of carbonyl (C=O) groups is 4. The molecule has 3 aliphatic heterocycles. The molecule has 1 spiro atoms. The molecule has 1 unspecified atom stereocenters. The van der Waals surface area contributed by atoms with Gasteiger partial charge in [-0.1, -0.05) is 72.3 Å². The summed E-state index contributed by atoms with van der Waals surface area (Å²) in [5.74, 6) is -3.30. The van der Waals surface area contributed by atoms with E-state index in [4.69, 9.17) is 9.47 Å². The van der Waals surface area contributed by atoms with Gasteiger partial charge in [0.25, 0.3) is 0 Å². The van der Waals surface area contributed by atoms with Gasteiger partial charge < -0.3 is 29.3 Å². The van der Waals surface area contributed by atoms with E-state index in [1.807, 2.05) is 65.0 Å². The Morgan fingerprint density at radius 2 is 1.81 bits per heavy atom. The summed E-state index contributed by atoms with van der Waals surface area (Å²) in [5.41, 5.74) is -0.599. The van der Waals surface area contributed by atoms with Crippen molar-refractivity contribution in [3.8, 4) is 0 Å². The van der Waals surface area contributed by atoms with Crippen molar-refractivity contribution in [2.24, 2.45) is 17.8 Å². The fourth-order valence-corrected chi connectivity index (χ4v) is 8.75. The highest BCUT2D eigenvalue weighted by molar-refractivity contribution is 9.09. The molecule has 3 aliphatic rings. The summed E-state index contributed by atoms with van der Waals surface area (Å²) >= 11 is 3.74. The number of esters is 1. The van der Waals surface area contributed by atoms with Gasteiger partial charge in [0.2, 0.25) is 17.7 Å². The normalized spacial score (nSPS) is 27.8. The van der Waals surface area contributed by atoms with Crippen LogP contribution in [-0.4, -0.2) is 104 Å². The average Bonchev–Trinajstić information content (AvgIpc) is 3.66. The van der Waals surface area contributed by atoms with Gasteiger partial charge in [0.15, 0.2) is 0 Å². The van der Waals surface area contributed by atoms with Crippen molar-refractivity contribution in [1.82, 2.24) is 14.7 Å². The summed E-state index contributed by atoms with van der Waals surface area (Å²) < 4.78 is 13.0. The lowest BCUT2D eigenvalue weighted by atomic mass is 9.70. The maximum absolute atomic E-state index is 14.7. The second kappa shape index (κ2) is 15.7. The van der Waals surface area contributed by atoms with Crippen LogP contribution in [0, 0.1) is 17.8 Å². The molecule has 3 amide bonds. The Kier molecular flexibility index (Phi) is 12.3. The van der Waals surface area contributed by atoms with Crippen LogP contribution in [0.3, 0.4) is 0 Å². The third-order valence-corrected chi connectivity index (χ3v) is 11.0. The van der Waals surface area contributed by atoms with Crippen molar-refractivity contribution in [2.45, 2.75) is 107 Å². The summed E-state index contributed by atoms with van der Waals surface area (Å²) in [6.45, 7) is 17.1. The highest BCUT2D eigenvalue weighted by Crippen LogP contribution is 2.61. The number of hydrogen-bond donors (Lipinski definition) is 1. The standard InChI is InChI=1S/C37H52BrN3O7/c1-9-11-17-28(43)39(8)24(7)31(25-15-13-12-14-16-25)47-36(46)29-30-34(44)41(26(21-42)19-22(3)4)33(35(45)40(18-10-2)23(5)6)37(30)20-27(38)32(29)48-37/h9-10,12-16,22-24,26-27,29-33,42H,1-2,11,17-21H2,3-8H3/t24-,26+,27?,29+,30-,31+,32+,33+,37-/m0/s1. The smallest absolute Gasteiger partial charge is 0.313 e. The number of ether oxygens (including phenoxy) is 2. The van der Waals surface area contributed by atoms with Gasteiger partial charge in [-0.05, 0) is 51.5 Å². The van der Waals surface area contributed by atoms with E-state index >= 15 is 0 Å². The Bertz CT molecular complexity index is 1360. The number of hydrogen-bond acceptors (Lipinski definition) is 7. The van der Waals surface area contributed by atoms with E-state index in [0.29, 0.717) is 24.8 Å². The molecule has 3 heterocycles. The number of likely N-dealkylation sites (tertiary alicyclic amines) is 1. The molecule has 0 aromatic heterocycles. The van der Waals surface area contributed by atoms with Crippen molar-refractivity contribution in [3.63, 3.8) is 0 Å². The van der Waals surface area contributed by atoms with E-state index in [2.05, 4.69) is 29.1 Å². The minimum Gasteiger partial charge on any atom is -0.455 e. The summed E-state index contributed by atoms with van der Waals surface area (Å²) in [4.78, 5) is 61.2. The van der Waals surface area contributed by atoms with Crippen LogP contribution in [0.2, 0.25) is 0 Å². The molecule has 4 rings (SSSR count). The topological polar surface area (TPSA) is 117 Å². The lowest BCUT2D eigenvalue weighted by molar-refractivity contribution is -0.165. The highest BCUT2D eigenvalue weighted by Gasteiger charge is 2.77. The van der Waals surface area contributed by atoms with Gasteiger partial charge in [-0.2, -0.15) is 0 Å². The molecule has 2 bridgehead atoms. The van der Waals surface area contributed by atoms with E-state index < -0.39 is 53.7 Å². The van der Waals surface area contributed by atoms with Gasteiger partial charge in [0.1, 0.15) is 17.7 Å². The zero-order valence-electron chi connectivity index (χ0n) is 29.1. The van der Waals surface area contributed by atoms with Crippen LogP contribution in [0.15, 0.2) is 55.6 Å². The number of nitrogens with zero attached hydrogens (tertiary/aromatic N) is 3. The second-order valence-corrected chi connectivity index (χ2v) is 15.3. The van der Waals surface area contributed by atoms with Gasteiger partial charge in [0, 0.05) is 30.9 Å². The quantitative estimate of drug-likeness (QED) is 0.150. The predicted molar refractivity (Wildman–Crippen MR) is 187 cm³/mol. The average molecular weight is 731 g/mol. The minimum atomic E-state index is -1.30. The van der Waals surface area contributed by atoms with Gasteiger partial charge >= 0.3 is 5.97 Å². The molecule has 3 fully saturated rings. The molecular weight excluding hydrogens is 678 g/mol. The first-order chi connectivity index (χ1) is 22.7. The summed E-state index contributed by atoms with van der Waals surface area (Å²) in [6.07, 6.45) is 3.39. The van der Waals surface area contributed by atoms with Crippen molar-refractivity contribution < 1.29 is 33.8 Å². The van der Waals surface area contributed by atoms with Crippen LogP contribution in [0.1, 0.15) is 72.0 Å². The fraction of sp³-hybridized carbons (Fsp3) is 0.622. The SMILES string of the molecule is C=CCCC(=O)N(C)[C@@H](C)[C@@H](OC(=O)[C@H]1[C@@H]2O[C@@]3(CC2Br)[C@@H]1C(=O)N([C@@H](CO)CC(C)C)[C@@H]3C(=O)N(CC=C)C(C)C)c1ccccc1. The monoisotopic (exact) mass is 729 g/mol. The van der Waals surface area contributed by atoms with Crippen LogP contribution in [-0.2, 0) is 28.7 Å². The molecule has 3 saturated heterocycles. The molecule has 10 nitrogen and oxygen atoms in total. The van der Waals surface area contributed by atoms with E-state index in [1.165, 1.54) is 4.90 Å².